The Morgan fingerprint density at radius 2 is 2.21 bits per heavy atom. The molecule has 0 radical (unpaired) electrons. The van der Waals surface area contributed by atoms with Gasteiger partial charge in [0.2, 0.25) is 0 Å². The number of piperidine rings is 1. The minimum Gasteiger partial charge on any atom is -0.458 e. The first-order chi connectivity index (χ1) is 9.15. The van der Waals surface area contributed by atoms with Crippen molar-refractivity contribution in [1.82, 2.24) is 20.2 Å². The Balaban J connectivity index is 1.88. The van der Waals surface area contributed by atoms with Crippen molar-refractivity contribution in [1.29, 1.82) is 0 Å². The molecule has 1 N–H and O–H groups in total. The number of carbonyl (C=O) groups is 1. The predicted octanol–water partition coefficient (Wildman–Crippen LogP) is 1.44. The molecular weight excluding hydrogens is 244 g/mol. The quantitative estimate of drug-likeness (QED) is 0.897. The molecule has 104 valence electrons. The van der Waals surface area contributed by atoms with E-state index in [0.717, 1.165) is 19.4 Å². The highest BCUT2D eigenvalue weighted by atomic mass is 16.5. The van der Waals surface area contributed by atoms with E-state index < -0.39 is 0 Å². The van der Waals surface area contributed by atoms with E-state index in [4.69, 9.17) is 4.74 Å². The average molecular weight is 264 g/mol. The number of likely N-dealkylation sites (tertiary alicyclic amines) is 1. The number of carbonyl (C=O) groups excluding carboxylic acids is 1. The predicted molar refractivity (Wildman–Crippen MR) is 70.9 cm³/mol. The molecule has 1 aliphatic heterocycles. The minimum atomic E-state index is -0.0333. The van der Waals surface area contributed by atoms with Crippen LogP contribution in [0.4, 0.5) is 4.79 Å². The van der Waals surface area contributed by atoms with Gasteiger partial charge in [-0.05, 0) is 32.8 Å². The van der Waals surface area contributed by atoms with Crippen LogP contribution in [-0.4, -0.2) is 46.1 Å². The van der Waals surface area contributed by atoms with E-state index in [1.165, 1.54) is 0 Å². The first kappa shape index (κ1) is 13.6. The molecule has 0 saturated carbocycles. The number of rotatable bonds is 3. The number of nitrogens with zero attached hydrogens (tertiary/aromatic N) is 3. The molecule has 2 amide bonds. The molecule has 1 saturated heterocycles. The third kappa shape index (κ3) is 4.08. The number of ether oxygens (including phenoxy) is 1. The smallest absolute Gasteiger partial charge is 0.317 e. The van der Waals surface area contributed by atoms with Gasteiger partial charge in [0, 0.05) is 25.0 Å². The van der Waals surface area contributed by atoms with Gasteiger partial charge >= 0.3 is 12.0 Å². The Kier molecular flexibility index (Phi) is 4.54. The van der Waals surface area contributed by atoms with Crippen LogP contribution in [0.5, 0.6) is 6.01 Å². The standard InChI is InChI=1S/C13H20N4O2/c1-10(2)16-13(18)17-8-3-5-11(9-17)19-12-14-6-4-7-15-12/h4,6-7,10-11H,3,5,8-9H2,1-2H3,(H,16,18). The first-order valence-corrected chi connectivity index (χ1v) is 6.64. The lowest BCUT2D eigenvalue weighted by atomic mass is 10.1. The Bertz CT molecular complexity index is 410. The first-order valence-electron chi connectivity index (χ1n) is 6.64. The highest BCUT2D eigenvalue weighted by Gasteiger charge is 2.25. The van der Waals surface area contributed by atoms with Crippen LogP contribution in [0.2, 0.25) is 0 Å². The summed E-state index contributed by atoms with van der Waals surface area (Å²) < 4.78 is 5.70. The van der Waals surface area contributed by atoms with E-state index in [0.29, 0.717) is 12.6 Å². The van der Waals surface area contributed by atoms with Crippen LogP contribution in [0.3, 0.4) is 0 Å². The summed E-state index contributed by atoms with van der Waals surface area (Å²) in [6.45, 7) is 5.26. The van der Waals surface area contributed by atoms with Crippen molar-refractivity contribution in [2.45, 2.75) is 38.8 Å². The molecule has 0 aliphatic carbocycles. The van der Waals surface area contributed by atoms with Gasteiger partial charge < -0.3 is 15.0 Å². The molecule has 2 heterocycles. The van der Waals surface area contributed by atoms with Crippen molar-refractivity contribution in [3.8, 4) is 6.01 Å². The van der Waals surface area contributed by atoms with Crippen molar-refractivity contribution in [2.75, 3.05) is 13.1 Å². The maximum absolute atomic E-state index is 11.9. The summed E-state index contributed by atoms with van der Waals surface area (Å²) in [4.78, 5) is 21.8. The monoisotopic (exact) mass is 264 g/mol. The van der Waals surface area contributed by atoms with Crippen molar-refractivity contribution in [3.05, 3.63) is 18.5 Å². The third-order valence-electron chi connectivity index (χ3n) is 2.89. The zero-order valence-electron chi connectivity index (χ0n) is 11.4. The fraction of sp³-hybridized carbons (Fsp3) is 0.615. The molecule has 1 unspecified atom stereocenters. The van der Waals surface area contributed by atoms with Crippen molar-refractivity contribution >= 4 is 6.03 Å². The van der Waals surface area contributed by atoms with E-state index in [1.807, 2.05) is 13.8 Å². The van der Waals surface area contributed by atoms with E-state index in [-0.39, 0.29) is 18.2 Å². The maximum atomic E-state index is 11.9. The number of nitrogens with one attached hydrogen (secondary N) is 1. The van der Waals surface area contributed by atoms with E-state index in [1.54, 1.807) is 23.4 Å². The number of hydrogen-bond donors (Lipinski definition) is 1. The minimum absolute atomic E-state index is 0.0303. The van der Waals surface area contributed by atoms with Gasteiger partial charge in [-0.15, -0.1) is 0 Å². The molecule has 1 aromatic rings. The van der Waals surface area contributed by atoms with Crippen LogP contribution in [0.1, 0.15) is 26.7 Å². The highest BCUT2D eigenvalue weighted by molar-refractivity contribution is 5.74. The lowest BCUT2D eigenvalue weighted by molar-refractivity contribution is 0.0932. The molecule has 0 spiro atoms. The lowest BCUT2D eigenvalue weighted by Gasteiger charge is -2.32. The zero-order chi connectivity index (χ0) is 13.7. The van der Waals surface area contributed by atoms with Crippen LogP contribution in [0.25, 0.3) is 0 Å². The molecule has 1 aromatic heterocycles. The third-order valence-corrected chi connectivity index (χ3v) is 2.89. The van der Waals surface area contributed by atoms with Gasteiger partial charge in [-0.25, -0.2) is 14.8 Å². The summed E-state index contributed by atoms with van der Waals surface area (Å²) in [6.07, 6.45) is 5.12. The highest BCUT2D eigenvalue weighted by Crippen LogP contribution is 2.15. The summed E-state index contributed by atoms with van der Waals surface area (Å²) in [6, 6.07) is 2.23. The van der Waals surface area contributed by atoms with E-state index >= 15 is 0 Å². The Hall–Kier alpha value is -1.85. The number of urea groups is 1. The van der Waals surface area contributed by atoms with Crippen molar-refractivity contribution < 1.29 is 9.53 Å². The molecule has 6 heteroatoms. The van der Waals surface area contributed by atoms with Gasteiger partial charge in [-0.1, -0.05) is 0 Å². The SMILES string of the molecule is CC(C)NC(=O)N1CCCC(Oc2ncccn2)C1. The van der Waals surface area contributed by atoms with Crippen molar-refractivity contribution in [2.24, 2.45) is 0 Å². The summed E-state index contributed by atoms with van der Waals surface area (Å²) in [5.41, 5.74) is 0. The second kappa shape index (κ2) is 6.36. The molecule has 1 aliphatic rings. The normalized spacial score (nSPS) is 19.3. The molecule has 19 heavy (non-hydrogen) atoms. The second-order valence-corrected chi connectivity index (χ2v) is 4.96. The van der Waals surface area contributed by atoms with Gasteiger partial charge in [0.15, 0.2) is 0 Å². The summed E-state index contributed by atoms with van der Waals surface area (Å²) in [7, 11) is 0. The van der Waals surface area contributed by atoms with Crippen LogP contribution in [-0.2, 0) is 0 Å². The number of hydrogen-bond acceptors (Lipinski definition) is 4. The molecule has 1 atom stereocenters. The molecular formula is C13H20N4O2. The van der Waals surface area contributed by atoms with Gasteiger partial charge in [-0.2, -0.15) is 0 Å². The van der Waals surface area contributed by atoms with Crippen LogP contribution < -0.4 is 10.1 Å². The topological polar surface area (TPSA) is 67.4 Å². The molecule has 0 aromatic carbocycles. The summed E-state index contributed by atoms with van der Waals surface area (Å²) in [5.74, 6) is 0. The molecule has 1 fully saturated rings. The largest absolute Gasteiger partial charge is 0.458 e. The Morgan fingerprint density at radius 1 is 1.47 bits per heavy atom. The Morgan fingerprint density at radius 3 is 2.89 bits per heavy atom. The van der Waals surface area contributed by atoms with Crippen molar-refractivity contribution in [3.63, 3.8) is 0 Å². The molecule has 2 rings (SSSR count). The van der Waals surface area contributed by atoms with Crippen LogP contribution >= 0.6 is 0 Å². The van der Waals surface area contributed by atoms with E-state index in [2.05, 4.69) is 15.3 Å². The number of amides is 2. The summed E-state index contributed by atoms with van der Waals surface area (Å²) in [5, 5.41) is 2.90. The Labute approximate surface area is 113 Å². The molecule has 6 nitrogen and oxygen atoms in total. The van der Waals surface area contributed by atoms with Crippen LogP contribution in [0.15, 0.2) is 18.5 Å². The number of aromatic nitrogens is 2. The second-order valence-electron chi connectivity index (χ2n) is 4.96. The maximum Gasteiger partial charge on any atom is 0.317 e. The van der Waals surface area contributed by atoms with E-state index in [9.17, 15) is 4.79 Å². The summed E-state index contributed by atoms with van der Waals surface area (Å²) >= 11 is 0. The van der Waals surface area contributed by atoms with Gasteiger partial charge in [0.05, 0.1) is 6.54 Å². The van der Waals surface area contributed by atoms with Gasteiger partial charge in [-0.3, -0.25) is 0 Å². The fourth-order valence-corrected chi connectivity index (χ4v) is 2.05. The van der Waals surface area contributed by atoms with Gasteiger partial charge in [0.25, 0.3) is 0 Å². The van der Waals surface area contributed by atoms with Crippen LogP contribution in [0, 0.1) is 0 Å². The fourth-order valence-electron chi connectivity index (χ4n) is 2.05. The lowest BCUT2D eigenvalue weighted by Crippen LogP contribution is -2.50. The zero-order valence-corrected chi connectivity index (χ0v) is 11.4. The molecule has 0 bridgehead atoms. The van der Waals surface area contributed by atoms with Gasteiger partial charge in [0.1, 0.15) is 6.10 Å². The average Bonchev–Trinajstić information content (AvgIpc) is 2.39.